The molecule has 0 saturated heterocycles. The number of hydrogen-bond donors (Lipinski definition) is 1. The SMILES string of the molecule is CC(C)c1ncc(C2(C(=O)O)CCC2)s1. The Labute approximate surface area is 93.2 Å². The summed E-state index contributed by atoms with van der Waals surface area (Å²) in [5.74, 6) is -0.303. The number of aliphatic carboxylic acids is 1. The average Bonchev–Trinajstić information content (AvgIpc) is 2.50. The molecule has 0 aliphatic heterocycles. The number of hydrogen-bond acceptors (Lipinski definition) is 3. The molecule has 1 N–H and O–H groups in total. The molecule has 0 unspecified atom stereocenters. The molecule has 4 heteroatoms. The van der Waals surface area contributed by atoms with Crippen LogP contribution in [0, 0.1) is 0 Å². The van der Waals surface area contributed by atoms with Crippen molar-refractivity contribution >= 4 is 17.3 Å². The minimum Gasteiger partial charge on any atom is -0.481 e. The topological polar surface area (TPSA) is 50.2 Å². The molecular formula is C11H15NO2S. The van der Waals surface area contributed by atoms with Crippen LogP contribution in [0.5, 0.6) is 0 Å². The van der Waals surface area contributed by atoms with E-state index >= 15 is 0 Å². The van der Waals surface area contributed by atoms with Gasteiger partial charge in [0.15, 0.2) is 0 Å². The van der Waals surface area contributed by atoms with Gasteiger partial charge in [-0.05, 0) is 12.8 Å². The van der Waals surface area contributed by atoms with Gasteiger partial charge in [0.1, 0.15) is 5.41 Å². The third kappa shape index (κ3) is 1.57. The summed E-state index contributed by atoms with van der Waals surface area (Å²) in [5, 5.41) is 10.3. The number of aromatic nitrogens is 1. The fraction of sp³-hybridized carbons (Fsp3) is 0.636. The summed E-state index contributed by atoms with van der Waals surface area (Å²) in [6, 6.07) is 0. The van der Waals surface area contributed by atoms with Crippen molar-refractivity contribution in [2.24, 2.45) is 0 Å². The van der Waals surface area contributed by atoms with E-state index in [2.05, 4.69) is 18.8 Å². The summed E-state index contributed by atoms with van der Waals surface area (Å²) in [4.78, 5) is 16.5. The predicted octanol–water partition coefficient (Wildman–Crippen LogP) is 2.77. The van der Waals surface area contributed by atoms with Gasteiger partial charge in [-0.3, -0.25) is 4.79 Å². The lowest BCUT2D eigenvalue weighted by atomic mass is 9.68. The van der Waals surface area contributed by atoms with Crippen LogP contribution in [0.3, 0.4) is 0 Å². The molecule has 1 aliphatic rings. The Morgan fingerprint density at radius 3 is 2.60 bits per heavy atom. The average molecular weight is 225 g/mol. The zero-order valence-corrected chi connectivity index (χ0v) is 9.80. The van der Waals surface area contributed by atoms with Crippen LogP contribution in [0.15, 0.2) is 6.20 Å². The summed E-state index contributed by atoms with van der Waals surface area (Å²) in [5.41, 5.74) is -0.606. The van der Waals surface area contributed by atoms with Crippen LogP contribution >= 0.6 is 11.3 Å². The van der Waals surface area contributed by atoms with Crippen molar-refractivity contribution in [3.05, 3.63) is 16.1 Å². The van der Waals surface area contributed by atoms with Crippen LogP contribution in [-0.4, -0.2) is 16.1 Å². The van der Waals surface area contributed by atoms with Crippen LogP contribution in [-0.2, 0) is 10.2 Å². The summed E-state index contributed by atoms with van der Waals surface area (Å²) in [6.07, 6.45) is 4.30. The quantitative estimate of drug-likeness (QED) is 0.860. The minimum atomic E-state index is -0.687. The smallest absolute Gasteiger partial charge is 0.315 e. The largest absolute Gasteiger partial charge is 0.481 e. The molecule has 1 saturated carbocycles. The van der Waals surface area contributed by atoms with Gasteiger partial charge in [0.2, 0.25) is 0 Å². The minimum absolute atomic E-state index is 0.384. The molecule has 3 nitrogen and oxygen atoms in total. The highest BCUT2D eigenvalue weighted by atomic mass is 32.1. The molecule has 1 aromatic rings. The van der Waals surface area contributed by atoms with E-state index in [-0.39, 0.29) is 0 Å². The molecule has 0 atom stereocenters. The zero-order chi connectivity index (χ0) is 11.1. The standard InChI is InChI=1S/C11H15NO2S/c1-7(2)9-12-6-8(15-9)11(10(13)14)4-3-5-11/h6-7H,3-5H2,1-2H3,(H,13,14). The van der Waals surface area contributed by atoms with Crippen LogP contribution < -0.4 is 0 Å². The van der Waals surface area contributed by atoms with Gasteiger partial charge in [-0.2, -0.15) is 0 Å². The first-order valence-electron chi connectivity index (χ1n) is 5.26. The molecule has 15 heavy (non-hydrogen) atoms. The summed E-state index contributed by atoms with van der Waals surface area (Å²) in [7, 11) is 0. The zero-order valence-electron chi connectivity index (χ0n) is 8.99. The van der Waals surface area contributed by atoms with E-state index < -0.39 is 11.4 Å². The molecule has 1 aromatic heterocycles. The summed E-state index contributed by atoms with van der Waals surface area (Å²) in [6.45, 7) is 4.16. The number of carbonyl (C=O) groups is 1. The lowest BCUT2D eigenvalue weighted by Crippen LogP contribution is -2.41. The molecule has 2 rings (SSSR count). The van der Waals surface area contributed by atoms with Gasteiger partial charge in [0.05, 0.1) is 5.01 Å². The Bertz CT molecular complexity index is 380. The number of rotatable bonds is 3. The summed E-state index contributed by atoms with van der Waals surface area (Å²) >= 11 is 1.56. The first-order valence-corrected chi connectivity index (χ1v) is 6.07. The van der Waals surface area contributed by atoms with Gasteiger partial charge in [-0.1, -0.05) is 20.3 Å². The third-order valence-corrected chi connectivity index (χ3v) is 4.61. The molecule has 0 bridgehead atoms. The third-order valence-electron chi connectivity index (χ3n) is 3.11. The molecule has 1 heterocycles. The Kier molecular flexibility index (Phi) is 2.54. The Hall–Kier alpha value is -0.900. The van der Waals surface area contributed by atoms with E-state index in [9.17, 15) is 9.90 Å². The predicted molar refractivity (Wildman–Crippen MR) is 59.4 cm³/mol. The normalized spacial score (nSPS) is 18.9. The molecule has 0 spiro atoms. The maximum atomic E-state index is 11.3. The number of carboxylic acids is 1. The van der Waals surface area contributed by atoms with Crippen LogP contribution in [0.4, 0.5) is 0 Å². The van der Waals surface area contributed by atoms with Crippen molar-refractivity contribution < 1.29 is 9.90 Å². The van der Waals surface area contributed by atoms with Crippen LogP contribution in [0.1, 0.15) is 48.9 Å². The van der Waals surface area contributed by atoms with Crippen molar-refractivity contribution in [2.45, 2.75) is 44.4 Å². The van der Waals surface area contributed by atoms with E-state index in [1.807, 2.05) is 0 Å². The molecular weight excluding hydrogens is 210 g/mol. The molecule has 1 fully saturated rings. The van der Waals surface area contributed by atoms with E-state index in [0.717, 1.165) is 29.1 Å². The monoisotopic (exact) mass is 225 g/mol. The molecule has 1 aliphatic carbocycles. The fourth-order valence-electron chi connectivity index (χ4n) is 1.87. The van der Waals surface area contributed by atoms with Gasteiger partial charge in [-0.25, -0.2) is 4.98 Å². The lowest BCUT2D eigenvalue weighted by molar-refractivity contribution is -0.147. The van der Waals surface area contributed by atoms with Gasteiger partial charge in [-0.15, -0.1) is 11.3 Å². The van der Waals surface area contributed by atoms with E-state index in [0.29, 0.717) is 5.92 Å². The second-order valence-electron chi connectivity index (χ2n) is 4.46. The first kappa shape index (κ1) is 10.6. The van der Waals surface area contributed by atoms with E-state index in [1.54, 1.807) is 17.5 Å². The van der Waals surface area contributed by atoms with E-state index in [4.69, 9.17) is 0 Å². The van der Waals surface area contributed by atoms with Crippen molar-refractivity contribution in [3.8, 4) is 0 Å². The highest BCUT2D eigenvalue weighted by Crippen LogP contribution is 2.46. The highest BCUT2D eigenvalue weighted by Gasteiger charge is 2.47. The van der Waals surface area contributed by atoms with Crippen molar-refractivity contribution in [3.63, 3.8) is 0 Å². The van der Waals surface area contributed by atoms with Gasteiger partial charge in [0.25, 0.3) is 0 Å². The maximum absolute atomic E-state index is 11.3. The van der Waals surface area contributed by atoms with Gasteiger partial charge in [0, 0.05) is 17.0 Å². The van der Waals surface area contributed by atoms with Crippen LogP contribution in [0.2, 0.25) is 0 Å². The number of carboxylic acid groups (broad SMARTS) is 1. The lowest BCUT2D eigenvalue weighted by Gasteiger charge is -2.36. The number of nitrogens with zero attached hydrogens (tertiary/aromatic N) is 1. The Morgan fingerprint density at radius 1 is 1.60 bits per heavy atom. The Balaban J connectivity index is 2.32. The molecule has 0 radical (unpaired) electrons. The molecule has 0 aromatic carbocycles. The first-order chi connectivity index (χ1) is 7.06. The highest BCUT2D eigenvalue weighted by molar-refractivity contribution is 7.12. The molecule has 82 valence electrons. The van der Waals surface area contributed by atoms with Crippen molar-refractivity contribution in [2.75, 3.05) is 0 Å². The van der Waals surface area contributed by atoms with Gasteiger partial charge >= 0.3 is 5.97 Å². The fourth-order valence-corrected chi connectivity index (χ4v) is 3.03. The summed E-state index contributed by atoms with van der Waals surface area (Å²) < 4.78 is 0. The van der Waals surface area contributed by atoms with Gasteiger partial charge < -0.3 is 5.11 Å². The number of thiazole rings is 1. The van der Waals surface area contributed by atoms with Crippen molar-refractivity contribution in [1.29, 1.82) is 0 Å². The van der Waals surface area contributed by atoms with Crippen LogP contribution in [0.25, 0.3) is 0 Å². The maximum Gasteiger partial charge on any atom is 0.315 e. The molecule has 0 amide bonds. The van der Waals surface area contributed by atoms with E-state index in [1.165, 1.54) is 0 Å². The second kappa shape index (κ2) is 3.59. The Morgan fingerprint density at radius 2 is 2.27 bits per heavy atom. The second-order valence-corrected chi connectivity index (χ2v) is 5.52. The van der Waals surface area contributed by atoms with Crippen molar-refractivity contribution in [1.82, 2.24) is 4.98 Å².